The minimum Gasteiger partial charge on any atom is -0.497 e. The summed E-state index contributed by atoms with van der Waals surface area (Å²) in [5, 5.41) is 28.6. The van der Waals surface area contributed by atoms with E-state index in [4.69, 9.17) is 9.47 Å². The Hall–Kier alpha value is -6.63. The molecular formula is C46H43N3O9. The van der Waals surface area contributed by atoms with Crippen LogP contribution in [0.4, 0.5) is 10.5 Å². The van der Waals surface area contributed by atoms with Crippen LogP contribution in [0.15, 0.2) is 102 Å². The highest BCUT2D eigenvalue weighted by molar-refractivity contribution is 5.97. The minimum atomic E-state index is -1.19. The fourth-order valence-corrected chi connectivity index (χ4v) is 8.16. The van der Waals surface area contributed by atoms with E-state index in [1.165, 1.54) is 19.1 Å². The van der Waals surface area contributed by atoms with Crippen LogP contribution >= 0.6 is 0 Å². The normalized spacial score (nSPS) is 14.4. The molecule has 3 amide bonds. The Bertz CT molecular complexity index is 2420. The van der Waals surface area contributed by atoms with E-state index >= 15 is 0 Å². The van der Waals surface area contributed by atoms with Crippen molar-refractivity contribution in [3.63, 3.8) is 0 Å². The van der Waals surface area contributed by atoms with Crippen molar-refractivity contribution in [3.05, 3.63) is 152 Å². The molecule has 0 heterocycles. The molecule has 58 heavy (non-hydrogen) atoms. The van der Waals surface area contributed by atoms with Gasteiger partial charge in [-0.25, -0.2) is 4.79 Å². The third kappa shape index (κ3) is 7.97. The number of carbonyl (C=O) groups excluding carboxylic acids is 4. The van der Waals surface area contributed by atoms with Crippen LogP contribution < -0.4 is 26.1 Å². The monoisotopic (exact) mass is 781 g/mol. The number of nitrogens with one attached hydrogen (secondary N) is 3. The topological polar surface area (TPSA) is 180 Å². The number of hydrogen-bond acceptors (Lipinski definition) is 9. The summed E-state index contributed by atoms with van der Waals surface area (Å²) >= 11 is 0. The van der Waals surface area contributed by atoms with Crippen LogP contribution in [0.25, 0.3) is 22.3 Å². The first-order chi connectivity index (χ1) is 28.1. The number of ether oxygens (including phenoxy) is 2. The van der Waals surface area contributed by atoms with Crippen molar-refractivity contribution >= 4 is 29.9 Å². The molecule has 0 saturated heterocycles. The average Bonchev–Trinajstić information content (AvgIpc) is 3.37. The second kappa shape index (κ2) is 17.2. The van der Waals surface area contributed by atoms with Crippen LogP contribution in [-0.4, -0.2) is 54.2 Å². The summed E-state index contributed by atoms with van der Waals surface area (Å²) < 4.78 is 11.1. The van der Waals surface area contributed by atoms with E-state index in [9.17, 15) is 34.2 Å². The number of aldehydes is 1. The molecule has 0 saturated carbocycles. The fraction of sp³-hybridized carbons (Fsp3) is 0.239. The Balaban J connectivity index is 1.20. The standard InChI is InChI=1S/C46H43N3O9/c1-26(53)47-40-17-13-28-20-29(22-50)37(23-51)38(24-52)44(28)35-16-18-41(43(54)21-36(35)40)48-45(55)42(19-27-11-14-30(57-2)15-12-27)49-46(56)58-25-39-33-9-5-3-7-31(33)32-8-4-6-10-34(32)39/h3-12,14-16,18,20-21,24,39-40,42,50-51H,13,17,19,22-23,25H2,1-2H3,(H,47,53)(H,49,56)(H,48,54,55)/t40-,42?/m0/s1. The van der Waals surface area contributed by atoms with Gasteiger partial charge in [0.2, 0.25) is 17.2 Å². The van der Waals surface area contributed by atoms with Gasteiger partial charge in [0.25, 0.3) is 0 Å². The van der Waals surface area contributed by atoms with Crippen LogP contribution in [0.1, 0.15) is 74.6 Å². The molecule has 12 nitrogen and oxygen atoms in total. The Morgan fingerprint density at radius 1 is 0.862 bits per heavy atom. The van der Waals surface area contributed by atoms with Crippen molar-refractivity contribution in [2.24, 2.45) is 0 Å². The summed E-state index contributed by atoms with van der Waals surface area (Å²) in [6, 6.07) is 27.1. The van der Waals surface area contributed by atoms with Crippen molar-refractivity contribution in [1.29, 1.82) is 0 Å². The SMILES string of the molecule is COc1ccc(CC(NC(=O)OCC2c3ccccc3-c3ccccc32)C(=O)Nc2ccc3c(cc2=O)[C@@H](NC(C)=O)CCc2cc(CO)c(CO)c(C=O)c2-3)cc1. The third-order valence-electron chi connectivity index (χ3n) is 10.9. The van der Waals surface area contributed by atoms with Crippen molar-refractivity contribution in [1.82, 2.24) is 10.6 Å². The Kier molecular flexibility index (Phi) is 11.8. The predicted octanol–water partition coefficient (Wildman–Crippen LogP) is 5.73. The van der Waals surface area contributed by atoms with E-state index in [1.807, 2.05) is 48.5 Å². The molecule has 1 unspecified atom stereocenters. The molecule has 5 N–H and O–H groups in total. The quantitative estimate of drug-likeness (QED) is 0.0989. The number of benzene rings is 4. The molecular weight excluding hydrogens is 739 g/mol. The van der Waals surface area contributed by atoms with Crippen molar-refractivity contribution in [3.8, 4) is 28.0 Å². The second-order valence-corrected chi connectivity index (χ2v) is 14.4. The lowest BCUT2D eigenvalue weighted by Gasteiger charge is -2.20. The van der Waals surface area contributed by atoms with Gasteiger partial charge in [0, 0.05) is 24.8 Å². The van der Waals surface area contributed by atoms with Crippen molar-refractivity contribution in [2.45, 2.75) is 57.4 Å². The van der Waals surface area contributed by atoms with Crippen LogP contribution in [0.2, 0.25) is 0 Å². The van der Waals surface area contributed by atoms with Gasteiger partial charge in [0.1, 0.15) is 18.4 Å². The van der Waals surface area contributed by atoms with Gasteiger partial charge in [0.15, 0.2) is 6.29 Å². The molecule has 296 valence electrons. The first kappa shape index (κ1) is 39.6. The smallest absolute Gasteiger partial charge is 0.407 e. The molecule has 2 aliphatic rings. The zero-order valence-electron chi connectivity index (χ0n) is 32.0. The van der Waals surface area contributed by atoms with Gasteiger partial charge in [-0.2, -0.15) is 0 Å². The van der Waals surface area contributed by atoms with Crippen LogP contribution in [-0.2, 0) is 40.4 Å². The van der Waals surface area contributed by atoms with Crippen LogP contribution in [0.3, 0.4) is 0 Å². The largest absolute Gasteiger partial charge is 0.497 e. The van der Waals surface area contributed by atoms with E-state index < -0.39 is 42.7 Å². The number of amides is 3. The molecule has 0 spiro atoms. The number of alkyl carbamates (subject to hydrolysis) is 1. The highest BCUT2D eigenvalue weighted by Crippen LogP contribution is 2.45. The molecule has 2 aliphatic carbocycles. The zero-order chi connectivity index (χ0) is 40.9. The Morgan fingerprint density at radius 2 is 1.55 bits per heavy atom. The van der Waals surface area contributed by atoms with Gasteiger partial charge in [0.05, 0.1) is 32.1 Å². The molecule has 5 aromatic rings. The lowest BCUT2D eigenvalue weighted by Crippen LogP contribution is -2.46. The lowest BCUT2D eigenvalue weighted by molar-refractivity contribution is -0.120. The van der Waals surface area contributed by atoms with Gasteiger partial charge in [-0.05, 0) is 98.3 Å². The molecule has 2 atom stereocenters. The van der Waals surface area contributed by atoms with Gasteiger partial charge in [-0.3, -0.25) is 19.2 Å². The molecule has 0 fully saturated rings. The number of aliphatic hydroxyl groups is 2. The molecule has 7 rings (SSSR count). The number of rotatable bonds is 12. The molecule has 5 aromatic carbocycles. The predicted molar refractivity (Wildman–Crippen MR) is 218 cm³/mol. The highest BCUT2D eigenvalue weighted by Gasteiger charge is 2.31. The number of anilines is 1. The fourth-order valence-electron chi connectivity index (χ4n) is 8.16. The van der Waals surface area contributed by atoms with E-state index in [2.05, 4.69) is 16.0 Å². The van der Waals surface area contributed by atoms with Gasteiger partial charge >= 0.3 is 6.09 Å². The number of carbonyl (C=O) groups is 4. The first-order valence-electron chi connectivity index (χ1n) is 19.0. The summed E-state index contributed by atoms with van der Waals surface area (Å²) in [4.78, 5) is 66.6. The Morgan fingerprint density at radius 3 is 2.17 bits per heavy atom. The number of methoxy groups -OCH3 is 1. The minimum absolute atomic E-state index is 0.0268. The van der Waals surface area contributed by atoms with Gasteiger partial charge in [-0.1, -0.05) is 72.8 Å². The van der Waals surface area contributed by atoms with Gasteiger partial charge < -0.3 is 35.6 Å². The number of aliphatic hydroxyl groups excluding tert-OH is 2. The molecule has 0 aliphatic heterocycles. The van der Waals surface area contributed by atoms with Crippen molar-refractivity contribution < 1.29 is 38.9 Å². The maximum atomic E-state index is 14.2. The first-order valence-corrected chi connectivity index (χ1v) is 19.0. The second-order valence-electron chi connectivity index (χ2n) is 14.4. The molecule has 0 radical (unpaired) electrons. The number of hydrogen-bond donors (Lipinski definition) is 5. The van der Waals surface area contributed by atoms with E-state index in [1.54, 1.807) is 43.5 Å². The number of fused-ring (bicyclic) bond motifs is 6. The third-order valence-corrected chi connectivity index (χ3v) is 10.9. The summed E-state index contributed by atoms with van der Waals surface area (Å²) in [5.74, 6) is -0.620. The van der Waals surface area contributed by atoms with E-state index in [-0.39, 0.29) is 41.7 Å². The maximum absolute atomic E-state index is 14.2. The molecule has 0 aromatic heterocycles. The van der Waals surface area contributed by atoms with Crippen LogP contribution in [0.5, 0.6) is 5.75 Å². The van der Waals surface area contributed by atoms with E-state index in [0.717, 1.165) is 22.3 Å². The summed E-state index contributed by atoms with van der Waals surface area (Å²) in [6.45, 7) is 0.471. The molecule has 0 bridgehead atoms. The Labute approximate surface area is 334 Å². The lowest BCUT2D eigenvalue weighted by atomic mass is 9.87. The summed E-state index contributed by atoms with van der Waals surface area (Å²) in [7, 11) is 1.54. The number of aryl methyl sites for hydroxylation is 1. The van der Waals surface area contributed by atoms with Crippen molar-refractivity contribution in [2.75, 3.05) is 19.0 Å². The van der Waals surface area contributed by atoms with Gasteiger partial charge in [-0.15, -0.1) is 0 Å². The highest BCUT2D eigenvalue weighted by atomic mass is 16.5. The summed E-state index contributed by atoms with van der Waals surface area (Å²) in [6.07, 6.45) is 0.590. The average molecular weight is 782 g/mol. The maximum Gasteiger partial charge on any atom is 0.407 e. The zero-order valence-corrected chi connectivity index (χ0v) is 32.0. The van der Waals surface area contributed by atoms with Crippen LogP contribution in [0, 0.1) is 0 Å². The summed E-state index contributed by atoms with van der Waals surface area (Å²) in [5.41, 5.74) is 7.02. The molecule has 12 heteroatoms. The van der Waals surface area contributed by atoms with E-state index in [0.29, 0.717) is 58.3 Å².